The van der Waals surface area contributed by atoms with Crippen molar-refractivity contribution in [1.82, 2.24) is 9.96 Å². The zero-order valence-electron chi connectivity index (χ0n) is 11.7. The lowest BCUT2D eigenvalue weighted by Crippen LogP contribution is -2.34. The van der Waals surface area contributed by atoms with Crippen LogP contribution in [0.15, 0.2) is 24.3 Å². The number of fused-ring (bicyclic) bond motifs is 1. The number of hydrogen-bond donors (Lipinski definition) is 0. The summed E-state index contributed by atoms with van der Waals surface area (Å²) in [4.78, 5) is 31.3. The molecular weight excluding hydrogens is 260 g/mol. The molecule has 0 saturated heterocycles. The van der Waals surface area contributed by atoms with Gasteiger partial charge in [0, 0.05) is 20.2 Å². The highest BCUT2D eigenvalue weighted by atomic mass is 16.7. The van der Waals surface area contributed by atoms with E-state index in [0.29, 0.717) is 24.3 Å². The molecule has 1 aliphatic rings. The third kappa shape index (κ3) is 3.04. The Morgan fingerprint density at radius 2 is 1.60 bits per heavy atom. The number of nitrogens with zero attached hydrogens (tertiary/aromatic N) is 2. The fraction of sp³-hybridized carbons (Fsp3) is 0.429. The molecule has 1 aromatic carbocycles. The molecule has 0 unspecified atom stereocenters. The van der Waals surface area contributed by atoms with Crippen molar-refractivity contribution in [2.24, 2.45) is 0 Å². The van der Waals surface area contributed by atoms with E-state index < -0.39 is 11.8 Å². The molecule has 0 N–H and O–H groups in total. The number of imide groups is 1. The number of methoxy groups -OCH3 is 1. The van der Waals surface area contributed by atoms with E-state index >= 15 is 0 Å². The van der Waals surface area contributed by atoms with E-state index in [1.54, 1.807) is 31.4 Å². The van der Waals surface area contributed by atoms with Crippen molar-refractivity contribution in [3.05, 3.63) is 35.4 Å². The minimum absolute atomic E-state index is 0.270. The van der Waals surface area contributed by atoms with Crippen LogP contribution in [0.5, 0.6) is 0 Å². The number of hydroxylamine groups is 2. The van der Waals surface area contributed by atoms with E-state index in [9.17, 15) is 9.59 Å². The minimum Gasteiger partial charge on any atom is -0.383 e. The van der Waals surface area contributed by atoms with Gasteiger partial charge in [-0.25, -0.2) is 0 Å². The van der Waals surface area contributed by atoms with E-state index in [2.05, 4.69) is 0 Å². The largest absolute Gasteiger partial charge is 0.383 e. The van der Waals surface area contributed by atoms with Gasteiger partial charge >= 0.3 is 0 Å². The van der Waals surface area contributed by atoms with Gasteiger partial charge in [-0.15, -0.1) is 5.06 Å². The quantitative estimate of drug-likeness (QED) is 0.690. The van der Waals surface area contributed by atoms with Crippen molar-refractivity contribution in [2.45, 2.75) is 0 Å². The maximum Gasteiger partial charge on any atom is 0.285 e. The Hall–Kier alpha value is -1.76. The van der Waals surface area contributed by atoms with Crippen LogP contribution in [0.25, 0.3) is 0 Å². The number of carbonyl (C=O) groups excluding carboxylic acids is 2. The first-order valence-electron chi connectivity index (χ1n) is 6.43. The second kappa shape index (κ2) is 6.60. The number of ether oxygens (including phenoxy) is 1. The zero-order chi connectivity index (χ0) is 14.5. The van der Waals surface area contributed by atoms with Crippen molar-refractivity contribution in [3.63, 3.8) is 0 Å². The summed E-state index contributed by atoms with van der Waals surface area (Å²) in [5, 5.41) is 0.842. The Bertz CT molecular complexity index is 469. The molecule has 0 aliphatic carbocycles. The van der Waals surface area contributed by atoms with Gasteiger partial charge in [-0.3, -0.25) is 14.4 Å². The summed E-state index contributed by atoms with van der Waals surface area (Å²) < 4.78 is 4.97. The molecule has 2 rings (SSSR count). The Kier molecular flexibility index (Phi) is 4.84. The van der Waals surface area contributed by atoms with E-state index in [0.717, 1.165) is 11.6 Å². The zero-order valence-corrected chi connectivity index (χ0v) is 11.7. The second-order valence-corrected chi connectivity index (χ2v) is 4.58. The molecule has 20 heavy (non-hydrogen) atoms. The predicted molar refractivity (Wildman–Crippen MR) is 72.3 cm³/mol. The first-order valence-corrected chi connectivity index (χ1v) is 6.43. The van der Waals surface area contributed by atoms with Crippen molar-refractivity contribution in [3.8, 4) is 0 Å². The molecule has 0 fully saturated rings. The highest BCUT2D eigenvalue weighted by Crippen LogP contribution is 2.22. The lowest BCUT2D eigenvalue weighted by atomic mass is 10.1. The van der Waals surface area contributed by atoms with Crippen LogP contribution < -0.4 is 0 Å². The van der Waals surface area contributed by atoms with Crippen LogP contribution in [0.2, 0.25) is 0 Å². The molecule has 108 valence electrons. The molecule has 0 bridgehead atoms. The van der Waals surface area contributed by atoms with Gasteiger partial charge in [-0.1, -0.05) is 12.1 Å². The monoisotopic (exact) mass is 278 g/mol. The Morgan fingerprint density at radius 3 is 2.15 bits per heavy atom. The molecular formula is C14H18N2O4. The van der Waals surface area contributed by atoms with Crippen LogP contribution in [0.1, 0.15) is 20.7 Å². The summed E-state index contributed by atoms with van der Waals surface area (Å²) in [6.45, 7) is 2.27. The van der Waals surface area contributed by atoms with E-state index in [1.807, 2.05) is 11.9 Å². The van der Waals surface area contributed by atoms with Crippen LogP contribution >= 0.6 is 0 Å². The van der Waals surface area contributed by atoms with Gasteiger partial charge in [0.05, 0.1) is 24.3 Å². The second-order valence-electron chi connectivity index (χ2n) is 4.58. The summed E-state index contributed by atoms with van der Waals surface area (Å²) in [6, 6.07) is 6.71. The number of amides is 2. The highest BCUT2D eigenvalue weighted by Gasteiger charge is 2.36. The Morgan fingerprint density at radius 1 is 1.05 bits per heavy atom. The maximum absolute atomic E-state index is 12.0. The number of carbonyl (C=O) groups is 2. The first kappa shape index (κ1) is 14.6. The molecule has 1 aliphatic heterocycles. The van der Waals surface area contributed by atoms with Crippen molar-refractivity contribution in [1.29, 1.82) is 0 Å². The van der Waals surface area contributed by atoms with Crippen LogP contribution in [0, 0.1) is 0 Å². The topological polar surface area (TPSA) is 59.1 Å². The molecule has 6 heteroatoms. The van der Waals surface area contributed by atoms with Gasteiger partial charge < -0.3 is 9.64 Å². The fourth-order valence-corrected chi connectivity index (χ4v) is 1.93. The molecule has 6 nitrogen and oxygen atoms in total. The van der Waals surface area contributed by atoms with Crippen LogP contribution in [0.3, 0.4) is 0 Å². The van der Waals surface area contributed by atoms with Crippen LogP contribution in [0.4, 0.5) is 0 Å². The molecule has 2 amide bonds. The SMILES string of the molecule is COCCN(C)CCON1C(=O)c2ccccc2C1=O. The fourth-order valence-electron chi connectivity index (χ4n) is 1.93. The summed E-state index contributed by atoms with van der Waals surface area (Å²) >= 11 is 0. The summed E-state index contributed by atoms with van der Waals surface area (Å²) in [6.07, 6.45) is 0. The highest BCUT2D eigenvalue weighted by molar-refractivity contribution is 6.20. The molecule has 0 saturated carbocycles. The molecule has 0 aromatic heterocycles. The Balaban J connectivity index is 1.86. The lowest BCUT2D eigenvalue weighted by Gasteiger charge is -2.18. The van der Waals surface area contributed by atoms with Gasteiger partial charge in [0.2, 0.25) is 0 Å². The number of rotatable bonds is 7. The number of likely N-dealkylation sites (N-methyl/N-ethyl adjacent to an activating group) is 1. The molecule has 1 aromatic rings. The molecule has 0 atom stereocenters. The van der Waals surface area contributed by atoms with Gasteiger partial charge in [0.25, 0.3) is 11.8 Å². The summed E-state index contributed by atoms with van der Waals surface area (Å²) in [5.41, 5.74) is 0.787. The summed E-state index contributed by atoms with van der Waals surface area (Å²) in [7, 11) is 3.56. The minimum atomic E-state index is -0.398. The average Bonchev–Trinajstić information content (AvgIpc) is 2.70. The maximum atomic E-state index is 12.0. The van der Waals surface area contributed by atoms with E-state index in [4.69, 9.17) is 9.57 Å². The molecule has 1 heterocycles. The number of benzene rings is 1. The van der Waals surface area contributed by atoms with Gasteiger partial charge in [-0.05, 0) is 19.2 Å². The normalized spacial score (nSPS) is 14.2. The first-order chi connectivity index (χ1) is 9.65. The van der Waals surface area contributed by atoms with E-state index in [1.165, 1.54) is 0 Å². The Labute approximate surface area is 117 Å². The van der Waals surface area contributed by atoms with Crippen LogP contribution in [-0.2, 0) is 9.57 Å². The molecule has 0 radical (unpaired) electrons. The summed E-state index contributed by atoms with van der Waals surface area (Å²) in [5.74, 6) is -0.796. The van der Waals surface area contributed by atoms with Crippen LogP contribution in [-0.4, -0.2) is 62.2 Å². The standard InChI is InChI=1S/C14H18N2O4/c1-15(7-9-19-2)8-10-20-16-13(17)11-5-3-4-6-12(11)14(16)18/h3-6H,7-10H2,1-2H3. The van der Waals surface area contributed by atoms with Crippen molar-refractivity contribution >= 4 is 11.8 Å². The molecule has 0 spiro atoms. The van der Waals surface area contributed by atoms with E-state index in [-0.39, 0.29) is 6.61 Å². The predicted octanol–water partition coefficient (Wildman–Crippen LogP) is 0.792. The smallest absolute Gasteiger partial charge is 0.285 e. The third-order valence-corrected chi connectivity index (χ3v) is 3.13. The lowest BCUT2D eigenvalue weighted by molar-refractivity contribution is -0.0950. The van der Waals surface area contributed by atoms with Crippen molar-refractivity contribution in [2.75, 3.05) is 40.5 Å². The van der Waals surface area contributed by atoms with Crippen molar-refractivity contribution < 1.29 is 19.2 Å². The third-order valence-electron chi connectivity index (χ3n) is 3.13. The average molecular weight is 278 g/mol. The van der Waals surface area contributed by atoms with Gasteiger partial charge in [-0.2, -0.15) is 0 Å². The van der Waals surface area contributed by atoms with Gasteiger partial charge in [0.1, 0.15) is 0 Å². The number of hydrogen-bond acceptors (Lipinski definition) is 5. The van der Waals surface area contributed by atoms with Gasteiger partial charge in [0.15, 0.2) is 0 Å².